The maximum absolute atomic E-state index is 14.0. The molecular formula is C26H26FNO3. The van der Waals surface area contributed by atoms with E-state index in [2.05, 4.69) is 6.07 Å². The highest BCUT2D eigenvalue weighted by molar-refractivity contribution is 5.77. The second-order valence-corrected chi connectivity index (χ2v) is 7.65. The lowest BCUT2D eigenvalue weighted by Gasteiger charge is -2.38. The van der Waals surface area contributed by atoms with Gasteiger partial charge in [0.25, 0.3) is 0 Å². The Kier molecular flexibility index (Phi) is 6.21. The van der Waals surface area contributed by atoms with Crippen LogP contribution in [0.5, 0.6) is 11.5 Å². The lowest BCUT2D eigenvalue weighted by atomic mass is 9.87. The van der Waals surface area contributed by atoms with Gasteiger partial charge in [0.05, 0.1) is 13.2 Å². The molecule has 0 saturated carbocycles. The number of hydrogen-bond donors (Lipinski definition) is 0. The van der Waals surface area contributed by atoms with E-state index in [0.717, 1.165) is 40.2 Å². The van der Waals surface area contributed by atoms with E-state index in [1.807, 2.05) is 54.3 Å². The number of halogens is 1. The van der Waals surface area contributed by atoms with Crippen LogP contribution in [0.15, 0.2) is 66.7 Å². The summed E-state index contributed by atoms with van der Waals surface area (Å²) in [5.41, 5.74) is 3.95. The molecule has 31 heavy (non-hydrogen) atoms. The first-order chi connectivity index (χ1) is 15.1. The van der Waals surface area contributed by atoms with Gasteiger partial charge in [-0.3, -0.25) is 4.79 Å². The second kappa shape index (κ2) is 9.21. The number of amides is 1. The van der Waals surface area contributed by atoms with Crippen LogP contribution in [0.25, 0.3) is 0 Å². The molecule has 3 aromatic rings. The molecule has 1 atom stereocenters. The van der Waals surface area contributed by atoms with Gasteiger partial charge in [-0.15, -0.1) is 0 Å². The molecule has 0 aromatic heterocycles. The lowest BCUT2D eigenvalue weighted by molar-refractivity contribution is -0.132. The van der Waals surface area contributed by atoms with E-state index in [0.29, 0.717) is 19.6 Å². The average molecular weight is 419 g/mol. The fourth-order valence-electron chi connectivity index (χ4n) is 4.08. The monoisotopic (exact) mass is 419 g/mol. The number of methoxy groups -OCH3 is 1. The van der Waals surface area contributed by atoms with Gasteiger partial charge in [-0.05, 0) is 65.1 Å². The fourth-order valence-corrected chi connectivity index (χ4v) is 4.08. The minimum atomic E-state index is -0.323. The number of ether oxygens (including phenoxy) is 2. The number of rotatable bonds is 6. The highest BCUT2D eigenvalue weighted by Crippen LogP contribution is 2.37. The largest absolute Gasteiger partial charge is 0.497 e. The van der Waals surface area contributed by atoms with E-state index < -0.39 is 0 Å². The van der Waals surface area contributed by atoms with Crippen molar-refractivity contribution in [1.29, 1.82) is 0 Å². The molecule has 4 nitrogen and oxygen atoms in total. The number of hydrogen-bond acceptors (Lipinski definition) is 3. The highest BCUT2D eigenvalue weighted by Gasteiger charge is 2.31. The molecule has 5 heteroatoms. The number of benzene rings is 3. The summed E-state index contributed by atoms with van der Waals surface area (Å²) >= 11 is 0. The van der Waals surface area contributed by atoms with Crippen LogP contribution in [0.3, 0.4) is 0 Å². The van der Waals surface area contributed by atoms with Gasteiger partial charge in [0, 0.05) is 13.0 Å². The summed E-state index contributed by atoms with van der Waals surface area (Å²) in [7, 11) is 1.64. The maximum atomic E-state index is 14.0. The Morgan fingerprint density at radius 2 is 1.84 bits per heavy atom. The Morgan fingerprint density at radius 1 is 1.06 bits per heavy atom. The zero-order valence-electron chi connectivity index (χ0n) is 17.8. The summed E-state index contributed by atoms with van der Waals surface area (Å²) in [6, 6.07) is 19.9. The maximum Gasteiger partial charge on any atom is 0.223 e. The summed E-state index contributed by atoms with van der Waals surface area (Å²) in [5.74, 6) is 1.28. The molecule has 4 rings (SSSR count). The van der Waals surface area contributed by atoms with Crippen molar-refractivity contribution in [2.45, 2.75) is 32.4 Å². The third-order valence-corrected chi connectivity index (χ3v) is 5.70. The minimum Gasteiger partial charge on any atom is -0.497 e. The Morgan fingerprint density at radius 3 is 2.55 bits per heavy atom. The predicted octanol–water partition coefficient (Wildman–Crippen LogP) is 5.30. The molecular weight excluding hydrogens is 393 g/mol. The van der Waals surface area contributed by atoms with E-state index in [1.54, 1.807) is 13.2 Å². The smallest absolute Gasteiger partial charge is 0.223 e. The van der Waals surface area contributed by atoms with E-state index in [-0.39, 0.29) is 17.8 Å². The van der Waals surface area contributed by atoms with Gasteiger partial charge >= 0.3 is 0 Å². The molecule has 0 aliphatic carbocycles. The molecule has 0 radical (unpaired) electrons. The Bertz CT molecular complexity index is 1060. The molecule has 1 amide bonds. The normalized spacial score (nSPS) is 15.3. The van der Waals surface area contributed by atoms with E-state index in [4.69, 9.17) is 9.47 Å². The molecule has 0 saturated heterocycles. The fraction of sp³-hybridized carbons (Fsp3) is 0.269. The average Bonchev–Trinajstić information content (AvgIpc) is 2.81. The van der Waals surface area contributed by atoms with Crippen LogP contribution in [-0.4, -0.2) is 24.5 Å². The first-order valence-corrected chi connectivity index (χ1v) is 10.5. The highest BCUT2D eigenvalue weighted by atomic mass is 19.1. The molecule has 1 unspecified atom stereocenters. The molecule has 0 bridgehead atoms. The van der Waals surface area contributed by atoms with E-state index in [9.17, 15) is 9.18 Å². The second-order valence-electron chi connectivity index (χ2n) is 7.65. The van der Waals surface area contributed by atoms with Crippen LogP contribution in [0.2, 0.25) is 0 Å². The third-order valence-electron chi connectivity index (χ3n) is 5.70. The van der Waals surface area contributed by atoms with Crippen LogP contribution in [0, 0.1) is 5.82 Å². The standard InChI is InChI=1S/C26H26FNO3/c1-3-25(29)28-14-13-19-9-12-23(31-17-18-7-10-22(30-2)11-8-18)16-24(19)26(28)20-5-4-6-21(27)15-20/h4-12,15-16,26H,3,13-14,17H2,1-2H3. The lowest BCUT2D eigenvalue weighted by Crippen LogP contribution is -2.40. The number of carbonyl (C=O) groups is 1. The van der Waals surface area contributed by atoms with Crippen molar-refractivity contribution in [2.24, 2.45) is 0 Å². The molecule has 0 spiro atoms. The van der Waals surface area contributed by atoms with Gasteiger partial charge < -0.3 is 14.4 Å². The van der Waals surface area contributed by atoms with Crippen LogP contribution in [0.1, 0.15) is 41.6 Å². The first-order valence-electron chi connectivity index (χ1n) is 10.5. The van der Waals surface area contributed by atoms with Gasteiger partial charge in [0.15, 0.2) is 0 Å². The zero-order valence-corrected chi connectivity index (χ0v) is 17.8. The van der Waals surface area contributed by atoms with Crippen molar-refractivity contribution >= 4 is 5.91 Å². The third kappa shape index (κ3) is 4.55. The van der Waals surface area contributed by atoms with Crippen molar-refractivity contribution in [1.82, 2.24) is 4.90 Å². The van der Waals surface area contributed by atoms with Gasteiger partial charge in [-0.25, -0.2) is 4.39 Å². The summed E-state index contributed by atoms with van der Waals surface area (Å²) in [5, 5.41) is 0. The van der Waals surface area contributed by atoms with Crippen LogP contribution in [-0.2, 0) is 17.8 Å². The zero-order chi connectivity index (χ0) is 21.8. The van der Waals surface area contributed by atoms with Crippen molar-refractivity contribution in [3.8, 4) is 11.5 Å². The van der Waals surface area contributed by atoms with Crippen molar-refractivity contribution in [2.75, 3.05) is 13.7 Å². The summed E-state index contributed by atoms with van der Waals surface area (Å²) in [4.78, 5) is 14.5. The topological polar surface area (TPSA) is 38.8 Å². The number of fused-ring (bicyclic) bond motifs is 1. The molecule has 0 N–H and O–H groups in total. The number of carbonyl (C=O) groups excluding carboxylic acids is 1. The van der Waals surface area contributed by atoms with Crippen LogP contribution in [0.4, 0.5) is 4.39 Å². The summed E-state index contributed by atoms with van der Waals surface area (Å²) in [6.45, 7) is 2.90. The minimum absolute atomic E-state index is 0.0597. The molecule has 1 heterocycles. The Labute approximate surface area is 182 Å². The van der Waals surface area contributed by atoms with E-state index >= 15 is 0 Å². The van der Waals surface area contributed by atoms with Gasteiger partial charge in [-0.1, -0.05) is 37.3 Å². The van der Waals surface area contributed by atoms with Gasteiger partial charge in [0.1, 0.15) is 23.9 Å². The van der Waals surface area contributed by atoms with Gasteiger partial charge in [-0.2, -0.15) is 0 Å². The van der Waals surface area contributed by atoms with Gasteiger partial charge in [0.2, 0.25) is 5.91 Å². The molecule has 0 fully saturated rings. The quantitative estimate of drug-likeness (QED) is 0.544. The molecule has 1 aliphatic heterocycles. The SMILES string of the molecule is CCC(=O)N1CCc2ccc(OCc3ccc(OC)cc3)cc2C1c1cccc(F)c1. The Hall–Kier alpha value is -3.34. The Balaban J connectivity index is 1.64. The van der Waals surface area contributed by atoms with Crippen LogP contribution < -0.4 is 9.47 Å². The van der Waals surface area contributed by atoms with E-state index in [1.165, 1.54) is 12.1 Å². The molecule has 3 aromatic carbocycles. The molecule has 1 aliphatic rings. The van der Waals surface area contributed by atoms with Crippen molar-refractivity contribution < 1.29 is 18.7 Å². The van der Waals surface area contributed by atoms with Crippen LogP contribution >= 0.6 is 0 Å². The number of nitrogens with zero attached hydrogens (tertiary/aromatic N) is 1. The van der Waals surface area contributed by atoms with Crippen molar-refractivity contribution in [3.05, 3.63) is 94.8 Å². The predicted molar refractivity (Wildman–Crippen MR) is 118 cm³/mol. The molecule has 160 valence electrons. The summed E-state index contributed by atoms with van der Waals surface area (Å²) in [6.07, 6.45) is 1.18. The first kappa shape index (κ1) is 20.9. The van der Waals surface area contributed by atoms with Crippen molar-refractivity contribution in [3.63, 3.8) is 0 Å². The summed E-state index contributed by atoms with van der Waals surface area (Å²) < 4.78 is 25.3.